The van der Waals surface area contributed by atoms with Crippen LogP contribution in [0.25, 0.3) is 44.1 Å². The van der Waals surface area contributed by atoms with Crippen molar-refractivity contribution in [2.24, 2.45) is 0 Å². The van der Waals surface area contributed by atoms with E-state index in [0.717, 1.165) is 126 Å². The van der Waals surface area contributed by atoms with Gasteiger partial charge in [0.25, 0.3) is 0 Å². The van der Waals surface area contributed by atoms with E-state index in [4.69, 9.17) is 4.74 Å². The number of nitrogens with zero attached hydrogens (tertiary/aromatic N) is 5. The number of aryl methyl sites for hydroxylation is 2. The first kappa shape index (κ1) is 42.2. The Kier molecular flexibility index (Phi) is 11.3. The highest BCUT2D eigenvalue weighted by Crippen LogP contribution is 2.44. The van der Waals surface area contributed by atoms with Crippen molar-refractivity contribution in [3.8, 4) is 34.4 Å². The maximum absolute atomic E-state index is 12.9. The number of rotatable bonds is 4. The number of nitrogens with one attached hydrogen (secondary N) is 1. The van der Waals surface area contributed by atoms with Gasteiger partial charge in [0, 0.05) is 76.2 Å². The highest BCUT2D eigenvalue weighted by Gasteiger charge is 2.32. The van der Waals surface area contributed by atoms with Gasteiger partial charge in [-0.25, -0.2) is 4.79 Å². The Morgan fingerprint density at radius 1 is 0.698 bits per heavy atom. The number of ether oxygens (including phenoxy) is 1. The van der Waals surface area contributed by atoms with E-state index in [1.54, 1.807) is 4.90 Å². The largest absolute Gasteiger partial charge is 0.443 e. The molecule has 3 N–H and O–H groups in total. The summed E-state index contributed by atoms with van der Waals surface area (Å²) in [7, 11) is 0. The smallest absolute Gasteiger partial charge is 0.414 e. The van der Waals surface area contributed by atoms with E-state index in [1.165, 1.54) is 27.9 Å². The zero-order valence-corrected chi connectivity index (χ0v) is 37.2. The zero-order chi connectivity index (χ0) is 44.2. The molecule has 2 saturated carbocycles. The number of carbonyl (C=O) groups is 1. The second-order valence-corrected chi connectivity index (χ2v) is 19.1. The molecular formula is C53H58N6O4. The summed E-state index contributed by atoms with van der Waals surface area (Å²) in [4.78, 5) is 14.6. The molecule has 10 rings (SSSR count). The van der Waals surface area contributed by atoms with Crippen LogP contribution in [0, 0.1) is 36.5 Å². The number of hydrogen-bond acceptors (Lipinski definition) is 7. The molecule has 1 amide bonds. The van der Waals surface area contributed by atoms with Crippen molar-refractivity contribution in [1.29, 1.82) is 10.5 Å². The molecule has 2 aromatic heterocycles. The molecule has 0 bridgehead atoms. The van der Waals surface area contributed by atoms with Crippen LogP contribution in [0.5, 0.6) is 0 Å². The lowest BCUT2D eigenvalue weighted by Gasteiger charge is -2.27. The van der Waals surface area contributed by atoms with Crippen LogP contribution < -0.4 is 10.2 Å². The molecule has 0 saturated heterocycles. The van der Waals surface area contributed by atoms with E-state index < -0.39 is 5.60 Å². The summed E-state index contributed by atoms with van der Waals surface area (Å²) in [6.07, 6.45) is 12.8. The van der Waals surface area contributed by atoms with Gasteiger partial charge < -0.3 is 29.4 Å². The van der Waals surface area contributed by atoms with Crippen LogP contribution >= 0.6 is 0 Å². The molecule has 4 aliphatic rings. The third kappa shape index (κ3) is 8.08. The summed E-state index contributed by atoms with van der Waals surface area (Å²) in [5.41, 5.74) is 14.5. The third-order valence-corrected chi connectivity index (χ3v) is 13.8. The molecule has 10 heteroatoms. The summed E-state index contributed by atoms with van der Waals surface area (Å²) in [5, 5.41) is 45.0. The van der Waals surface area contributed by atoms with Gasteiger partial charge in [0.1, 0.15) is 5.60 Å². The number of anilines is 2. The SMILES string of the molecule is Cc1cc2c(cc1C#N)c(-c1cccc3c1CCN3)cn2C1CCC(O)CC1.Cc1cc2c(cc1C#N)c(-c1cccc3c1CCN3C(=O)OC(C)(C)C)cn2C1CCC(O)CC1. The molecule has 63 heavy (non-hydrogen) atoms. The van der Waals surface area contributed by atoms with Gasteiger partial charge in [-0.1, -0.05) is 24.3 Å². The fourth-order valence-electron chi connectivity index (χ4n) is 10.5. The predicted molar refractivity (Wildman–Crippen MR) is 250 cm³/mol. The second kappa shape index (κ2) is 16.9. The molecule has 4 heterocycles. The predicted octanol–water partition coefficient (Wildman–Crippen LogP) is 11.2. The Bertz CT molecular complexity index is 2810. The number of carbonyl (C=O) groups excluding carboxylic acids is 1. The van der Waals surface area contributed by atoms with Crippen LogP contribution in [0.2, 0.25) is 0 Å². The van der Waals surface area contributed by atoms with E-state index >= 15 is 0 Å². The van der Waals surface area contributed by atoms with Crippen LogP contribution in [0.1, 0.15) is 118 Å². The summed E-state index contributed by atoms with van der Waals surface area (Å²) >= 11 is 0. The monoisotopic (exact) mass is 842 g/mol. The van der Waals surface area contributed by atoms with Crippen LogP contribution in [0.3, 0.4) is 0 Å². The first-order chi connectivity index (χ1) is 30.3. The van der Waals surface area contributed by atoms with Crippen molar-refractivity contribution < 1.29 is 19.7 Å². The van der Waals surface area contributed by atoms with Gasteiger partial charge in [-0.3, -0.25) is 4.90 Å². The fraction of sp³-hybridized carbons (Fsp3) is 0.415. The number of aliphatic hydroxyl groups is 2. The van der Waals surface area contributed by atoms with Crippen molar-refractivity contribution in [3.63, 3.8) is 0 Å². The van der Waals surface area contributed by atoms with Crippen LogP contribution in [0.15, 0.2) is 73.1 Å². The maximum Gasteiger partial charge on any atom is 0.414 e. The molecule has 2 aliphatic heterocycles. The lowest BCUT2D eigenvalue weighted by Crippen LogP contribution is -2.35. The van der Waals surface area contributed by atoms with Gasteiger partial charge in [-0.15, -0.1) is 0 Å². The summed E-state index contributed by atoms with van der Waals surface area (Å²) < 4.78 is 10.4. The summed E-state index contributed by atoms with van der Waals surface area (Å²) in [6, 6.07) is 26.4. The maximum atomic E-state index is 12.9. The number of benzene rings is 4. The topological polar surface area (TPSA) is 139 Å². The van der Waals surface area contributed by atoms with E-state index in [9.17, 15) is 25.5 Å². The Labute approximate surface area is 370 Å². The molecule has 0 spiro atoms. The fourth-order valence-corrected chi connectivity index (χ4v) is 10.5. The molecule has 0 unspecified atom stereocenters. The molecule has 4 aromatic carbocycles. The minimum atomic E-state index is -0.552. The molecule has 0 atom stereocenters. The molecule has 0 radical (unpaired) electrons. The standard InChI is InChI=1S/C29H33N3O3.C24H25N3O/c1-18-14-27-24(15-19(18)16-30)25(17-32(27)20-8-10-21(33)11-9-20)22-6-5-7-26-23(22)12-13-31(26)28(34)35-29(2,3)4;1-15-11-24-21(12-16(15)13-25)22(14-27(24)17-5-7-18(28)8-6-17)19-3-2-4-23-20(19)9-10-26-23/h5-7,14-15,17,20-21,33H,8-13H2,1-4H3;2-4,11-12,14,17-18,26,28H,5-10H2,1H3. The van der Waals surface area contributed by atoms with E-state index in [1.807, 2.05) is 52.8 Å². The number of aliphatic hydroxyl groups excluding tert-OH is 2. The Morgan fingerprint density at radius 2 is 1.21 bits per heavy atom. The molecule has 10 nitrogen and oxygen atoms in total. The van der Waals surface area contributed by atoms with Crippen LogP contribution in [-0.2, 0) is 17.6 Å². The van der Waals surface area contributed by atoms with Gasteiger partial charge in [-0.2, -0.15) is 10.5 Å². The molecule has 324 valence electrons. The molecule has 2 aliphatic carbocycles. The zero-order valence-electron chi connectivity index (χ0n) is 37.2. The Hall–Kier alpha value is -6.07. The Morgan fingerprint density at radius 3 is 1.71 bits per heavy atom. The molecular weight excluding hydrogens is 785 g/mol. The number of aromatic nitrogens is 2. The average molecular weight is 843 g/mol. The Balaban J connectivity index is 0.000000164. The molecule has 6 aromatic rings. The second-order valence-electron chi connectivity index (χ2n) is 19.1. The third-order valence-electron chi connectivity index (χ3n) is 13.8. The highest BCUT2D eigenvalue weighted by atomic mass is 16.6. The van der Waals surface area contributed by atoms with Crippen LogP contribution in [-0.4, -0.2) is 56.3 Å². The summed E-state index contributed by atoms with van der Waals surface area (Å²) in [5.74, 6) is 0. The lowest BCUT2D eigenvalue weighted by molar-refractivity contribution is 0.0584. The average Bonchev–Trinajstić information content (AvgIpc) is 4.07. The van der Waals surface area contributed by atoms with Crippen molar-refractivity contribution >= 4 is 39.3 Å². The minimum Gasteiger partial charge on any atom is -0.443 e. The summed E-state index contributed by atoms with van der Waals surface area (Å²) in [6.45, 7) is 11.2. The van der Waals surface area contributed by atoms with E-state index in [0.29, 0.717) is 24.2 Å². The number of nitriles is 2. The van der Waals surface area contributed by atoms with Crippen molar-refractivity contribution in [1.82, 2.24) is 9.13 Å². The van der Waals surface area contributed by atoms with E-state index in [-0.39, 0.29) is 18.3 Å². The highest BCUT2D eigenvalue weighted by molar-refractivity contribution is 6.01. The van der Waals surface area contributed by atoms with Crippen molar-refractivity contribution in [2.45, 2.75) is 129 Å². The number of amides is 1. The first-order valence-electron chi connectivity index (χ1n) is 22.8. The van der Waals surface area contributed by atoms with Gasteiger partial charge in [0.15, 0.2) is 0 Å². The first-order valence-corrected chi connectivity index (χ1v) is 22.8. The molecule has 2 fully saturated rings. The van der Waals surface area contributed by atoms with E-state index in [2.05, 4.69) is 81.4 Å². The number of hydrogen-bond donors (Lipinski definition) is 3. The minimum absolute atomic E-state index is 0.159. The van der Waals surface area contributed by atoms with Gasteiger partial charge >= 0.3 is 6.09 Å². The normalized spacial score (nSPS) is 20.6. The number of fused-ring (bicyclic) bond motifs is 4. The van der Waals surface area contributed by atoms with Gasteiger partial charge in [-0.05, 0) is 169 Å². The van der Waals surface area contributed by atoms with Crippen molar-refractivity contribution in [2.75, 3.05) is 23.3 Å². The van der Waals surface area contributed by atoms with Gasteiger partial charge in [0.2, 0.25) is 0 Å². The quantitative estimate of drug-likeness (QED) is 0.161. The van der Waals surface area contributed by atoms with Crippen LogP contribution in [0.4, 0.5) is 16.2 Å². The lowest BCUT2D eigenvalue weighted by atomic mass is 9.93. The van der Waals surface area contributed by atoms with Crippen molar-refractivity contribution in [3.05, 3.63) is 106 Å². The van der Waals surface area contributed by atoms with Gasteiger partial charge in [0.05, 0.1) is 41.2 Å².